The third-order valence-corrected chi connectivity index (χ3v) is 4.03. The fraction of sp³-hybridized carbons (Fsp3) is 0.500. The Morgan fingerprint density at radius 2 is 2.04 bits per heavy atom. The van der Waals surface area contributed by atoms with E-state index in [0.29, 0.717) is 37.6 Å². The first-order valence-corrected chi connectivity index (χ1v) is 8.12. The Kier molecular flexibility index (Phi) is 6.10. The zero-order chi connectivity index (χ0) is 16.8. The number of nitrogens with zero attached hydrogens (tertiary/aromatic N) is 1. The number of carbonyl (C=O) groups is 2. The summed E-state index contributed by atoms with van der Waals surface area (Å²) in [5.74, 6) is 0. The van der Waals surface area contributed by atoms with Gasteiger partial charge in [-0.1, -0.05) is 11.6 Å². The number of hydrogen-bond donors (Lipinski definition) is 2. The van der Waals surface area contributed by atoms with E-state index in [4.69, 9.17) is 16.3 Å². The van der Waals surface area contributed by atoms with Gasteiger partial charge in [0.05, 0.1) is 6.61 Å². The lowest BCUT2D eigenvalue weighted by Crippen LogP contribution is -2.47. The number of ether oxygens (including phenoxy) is 1. The lowest BCUT2D eigenvalue weighted by Gasteiger charge is -2.31. The third-order valence-electron chi connectivity index (χ3n) is 3.79. The third kappa shape index (κ3) is 5.03. The number of amides is 3. The highest BCUT2D eigenvalue weighted by atomic mass is 35.5. The van der Waals surface area contributed by atoms with E-state index in [2.05, 4.69) is 10.6 Å². The first-order valence-electron chi connectivity index (χ1n) is 7.75. The fourth-order valence-corrected chi connectivity index (χ4v) is 2.76. The second kappa shape index (κ2) is 8.06. The molecule has 23 heavy (non-hydrogen) atoms. The minimum Gasteiger partial charge on any atom is -0.450 e. The summed E-state index contributed by atoms with van der Waals surface area (Å²) in [7, 11) is 0. The number of aryl methyl sites for hydroxylation is 1. The predicted molar refractivity (Wildman–Crippen MR) is 90.0 cm³/mol. The fourth-order valence-electron chi connectivity index (χ4n) is 2.53. The molecule has 6 nitrogen and oxygen atoms in total. The first kappa shape index (κ1) is 17.4. The Balaban J connectivity index is 1.79. The Morgan fingerprint density at radius 3 is 2.65 bits per heavy atom. The van der Waals surface area contributed by atoms with Gasteiger partial charge in [-0.25, -0.2) is 9.59 Å². The largest absolute Gasteiger partial charge is 0.450 e. The van der Waals surface area contributed by atoms with Gasteiger partial charge in [0.1, 0.15) is 0 Å². The number of rotatable bonds is 3. The topological polar surface area (TPSA) is 70.7 Å². The molecule has 0 bridgehead atoms. The summed E-state index contributed by atoms with van der Waals surface area (Å²) in [5, 5.41) is 6.40. The zero-order valence-corrected chi connectivity index (χ0v) is 14.2. The molecule has 1 aliphatic rings. The molecular weight excluding hydrogens is 318 g/mol. The molecule has 7 heteroatoms. The van der Waals surface area contributed by atoms with E-state index >= 15 is 0 Å². The van der Waals surface area contributed by atoms with Crippen LogP contribution in [0.2, 0.25) is 5.02 Å². The molecule has 1 fully saturated rings. The van der Waals surface area contributed by atoms with Crippen molar-refractivity contribution in [1.29, 1.82) is 0 Å². The molecule has 0 atom stereocenters. The number of nitrogens with one attached hydrogen (secondary N) is 2. The smallest absolute Gasteiger partial charge is 0.409 e. The summed E-state index contributed by atoms with van der Waals surface area (Å²) in [6.45, 7) is 5.22. The molecule has 1 aromatic carbocycles. The summed E-state index contributed by atoms with van der Waals surface area (Å²) in [6, 6.07) is 5.12. The number of benzene rings is 1. The van der Waals surface area contributed by atoms with E-state index in [0.717, 1.165) is 11.3 Å². The second-order valence-electron chi connectivity index (χ2n) is 5.52. The monoisotopic (exact) mass is 339 g/mol. The molecule has 126 valence electrons. The Morgan fingerprint density at radius 1 is 1.35 bits per heavy atom. The molecule has 0 saturated carbocycles. The quantitative estimate of drug-likeness (QED) is 0.886. The average molecular weight is 340 g/mol. The molecule has 0 spiro atoms. The van der Waals surface area contributed by atoms with E-state index in [1.807, 2.05) is 6.92 Å². The maximum absolute atomic E-state index is 12.1. The molecular formula is C16H22ClN3O3. The van der Waals surface area contributed by atoms with Crippen LogP contribution in [0, 0.1) is 6.92 Å². The highest BCUT2D eigenvalue weighted by Gasteiger charge is 2.24. The van der Waals surface area contributed by atoms with Crippen LogP contribution in [0.1, 0.15) is 25.3 Å². The minimum atomic E-state index is -0.285. The number of anilines is 1. The SMILES string of the molecule is CCOC(=O)N1CCC(NC(=O)Nc2ccc(Cl)cc2C)CC1. The lowest BCUT2D eigenvalue weighted by molar-refractivity contribution is 0.0959. The number of carbonyl (C=O) groups excluding carboxylic acids is 2. The lowest BCUT2D eigenvalue weighted by atomic mass is 10.1. The highest BCUT2D eigenvalue weighted by Crippen LogP contribution is 2.19. The van der Waals surface area contributed by atoms with Gasteiger partial charge in [0.15, 0.2) is 0 Å². The van der Waals surface area contributed by atoms with Gasteiger partial charge in [-0.15, -0.1) is 0 Å². The molecule has 2 rings (SSSR count). The van der Waals surface area contributed by atoms with Crippen molar-refractivity contribution in [3.05, 3.63) is 28.8 Å². The molecule has 0 unspecified atom stereocenters. The van der Waals surface area contributed by atoms with Gasteiger partial charge < -0.3 is 20.3 Å². The second-order valence-corrected chi connectivity index (χ2v) is 5.95. The molecule has 3 amide bonds. The normalized spacial score (nSPS) is 15.2. The summed E-state index contributed by atoms with van der Waals surface area (Å²) in [4.78, 5) is 25.4. The van der Waals surface area contributed by atoms with Gasteiger partial charge in [-0.2, -0.15) is 0 Å². The zero-order valence-electron chi connectivity index (χ0n) is 13.4. The highest BCUT2D eigenvalue weighted by molar-refractivity contribution is 6.30. The number of hydrogen-bond acceptors (Lipinski definition) is 3. The number of urea groups is 1. The Labute approximate surface area is 141 Å². The van der Waals surface area contributed by atoms with Crippen molar-refractivity contribution in [3.8, 4) is 0 Å². The van der Waals surface area contributed by atoms with Gasteiger partial charge >= 0.3 is 12.1 Å². The summed E-state index contributed by atoms with van der Waals surface area (Å²) >= 11 is 5.90. The van der Waals surface area contributed by atoms with Gasteiger partial charge in [0, 0.05) is 29.8 Å². The summed E-state index contributed by atoms with van der Waals surface area (Å²) < 4.78 is 4.98. The van der Waals surface area contributed by atoms with Crippen LogP contribution in [0.3, 0.4) is 0 Å². The van der Waals surface area contributed by atoms with Crippen LogP contribution < -0.4 is 10.6 Å². The van der Waals surface area contributed by atoms with E-state index in [1.165, 1.54) is 0 Å². The molecule has 2 N–H and O–H groups in total. The van der Waals surface area contributed by atoms with Crippen molar-refractivity contribution in [2.45, 2.75) is 32.7 Å². The van der Waals surface area contributed by atoms with Crippen molar-refractivity contribution in [2.24, 2.45) is 0 Å². The van der Waals surface area contributed by atoms with Crippen LogP contribution in [0.25, 0.3) is 0 Å². The molecule has 1 aromatic rings. The van der Waals surface area contributed by atoms with Crippen molar-refractivity contribution in [2.75, 3.05) is 25.0 Å². The number of halogens is 1. The molecule has 1 saturated heterocycles. The van der Waals surface area contributed by atoms with Gasteiger partial charge in [-0.3, -0.25) is 0 Å². The van der Waals surface area contributed by atoms with Crippen molar-refractivity contribution < 1.29 is 14.3 Å². The maximum Gasteiger partial charge on any atom is 0.409 e. The number of piperidine rings is 1. The average Bonchev–Trinajstić information content (AvgIpc) is 2.51. The van der Waals surface area contributed by atoms with Crippen LogP contribution in [0.5, 0.6) is 0 Å². The van der Waals surface area contributed by atoms with Gasteiger partial charge in [0.25, 0.3) is 0 Å². The minimum absolute atomic E-state index is 0.0493. The van der Waals surface area contributed by atoms with E-state index < -0.39 is 0 Å². The van der Waals surface area contributed by atoms with E-state index in [-0.39, 0.29) is 18.2 Å². The Bertz CT molecular complexity index is 572. The van der Waals surface area contributed by atoms with Crippen LogP contribution >= 0.6 is 11.6 Å². The van der Waals surface area contributed by atoms with Crippen molar-refractivity contribution in [3.63, 3.8) is 0 Å². The molecule has 1 heterocycles. The molecule has 0 aromatic heterocycles. The molecule has 0 radical (unpaired) electrons. The molecule has 0 aliphatic carbocycles. The summed E-state index contributed by atoms with van der Waals surface area (Å²) in [5.41, 5.74) is 1.64. The Hall–Kier alpha value is -1.95. The maximum atomic E-state index is 12.1. The summed E-state index contributed by atoms with van der Waals surface area (Å²) in [6.07, 6.45) is 1.14. The predicted octanol–water partition coefficient (Wildman–Crippen LogP) is 3.39. The standard InChI is InChI=1S/C16H22ClN3O3/c1-3-23-16(22)20-8-6-13(7-9-20)18-15(21)19-14-5-4-12(17)10-11(14)2/h4-5,10,13H,3,6-9H2,1-2H3,(H2,18,19,21). The van der Waals surface area contributed by atoms with Crippen LogP contribution in [0.4, 0.5) is 15.3 Å². The first-order chi connectivity index (χ1) is 11.0. The van der Waals surface area contributed by atoms with E-state index in [1.54, 1.807) is 30.0 Å². The molecule has 1 aliphatic heterocycles. The van der Waals surface area contributed by atoms with Gasteiger partial charge in [-0.05, 0) is 50.5 Å². The van der Waals surface area contributed by atoms with Crippen molar-refractivity contribution in [1.82, 2.24) is 10.2 Å². The van der Waals surface area contributed by atoms with E-state index in [9.17, 15) is 9.59 Å². The van der Waals surface area contributed by atoms with Crippen LogP contribution in [-0.4, -0.2) is 42.8 Å². The van der Waals surface area contributed by atoms with Crippen LogP contribution in [-0.2, 0) is 4.74 Å². The number of likely N-dealkylation sites (tertiary alicyclic amines) is 1. The van der Waals surface area contributed by atoms with Crippen molar-refractivity contribution >= 4 is 29.4 Å². The van der Waals surface area contributed by atoms with Crippen LogP contribution in [0.15, 0.2) is 18.2 Å². The van der Waals surface area contributed by atoms with Gasteiger partial charge in [0.2, 0.25) is 0 Å².